The predicted molar refractivity (Wildman–Crippen MR) is 110 cm³/mol. The molecule has 1 N–H and O–H groups in total. The van der Waals surface area contributed by atoms with Crippen LogP contribution in [0.15, 0.2) is 71.1 Å². The van der Waals surface area contributed by atoms with Crippen molar-refractivity contribution in [3.8, 4) is 17.2 Å². The Hall–Kier alpha value is -3.31. The standard InChI is InChI=1S/C22H17ClN2O3/c1-14-10-11-15(22-25-17-7-3-5-9-20(17)28-22)12-18(14)24-21(26)13-27-19-8-4-2-6-16(19)23/h2-12H,13H2,1H3,(H,24,26). The Morgan fingerprint density at radius 2 is 1.89 bits per heavy atom. The van der Waals surface area contributed by atoms with Crippen LogP contribution in [0.3, 0.4) is 0 Å². The zero-order valence-electron chi connectivity index (χ0n) is 15.1. The van der Waals surface area contributed by atoms with Crippen molar-refractivity contribution in [1.29, 1.82) is 0 Å². The Morgan fingerprint density at radius 1 is 1.11 bits per heavy atom. The summed E-state index contributed by atoms with van der Waals surface area (Å²) in [5, 5.41) is 3.33. The second-order valence-electron chi connectivity index (χ2n) is 6.28. The number of halogens is 1. The number of anilines is 1. The number of aromatic nitrogens is 1. The number of oxazole rings is 1. The van der Waals surface area contributed by atoms with Crippen LogP contribution in [0.25, 0.3) is 22.6 Å². The van der Waals surface area contributed by atoms with Crippen molar-refractivity contribution in [3.05, 3.63) is 77.3 Å². The molecule has 0 atom stereocenters. The zero-order chi connectivity index (χ0) is 19.5. The molecule has 0 spiro atoms. The molecule has 0 aliphatic rings. The van der Waals surface area contributed by atoms with E-state index in [0.29, 0.717) is 22.4 Å². The van der Waals surface area contributed by atoms with E-state index in [-0.39, 0.29) is 12.5 Å². The molecule has 6 heteroatoms. The number of nitrogens with one attached hydrogen (secondary N) is 1. The number of amides is 1. The summed E-state index contributed by atoms with van der Waals surface area (Å²) in [5.74, 6) is 0.693. The van der Waals surface area contributed by atoms with Crippen LogP contribution in [0.4, 0.5) is 5.69 Å². The van der Waals surface area contributed by atoms with Gasteiger partial charge in [-0.1, -0.05) is 41.9 Å². The van der Waals surface area contributed by atoms with Crippen LogP contribution in [0.1, 0.15) is 5.56 Å². The van der Waals surface area contributed by atoms with E-state index in [1.54, 1.807) is 24.3 Å². The van der Waals surface area contributed by atoms with Crippen molar-refractivity contribution >= 4 is 34.3 Å². The molecule has 0 saturated carbocycles. The van der Waals surface area contributed by atoms with Gasteiger partial charge in [-0.05, 0) is 48.9 Å². The minimum Gasteiger partial charge on any atom is -0.482 e. The molecule has 3 aromatic carbocycles. The highest BCUT2D eigenvalue weighted by atomic mass is 35.5. The average Bonchev–Trinajstić information content (AvgIpc) is 3.13. The van der Waals surface area contributed by atoms with Gasteiger partial charge in [0.05, 0.1) is 5.02 Å². The first-order valence-corrected chi connectivity index (χ1v) is 9.12. The van der Waals surface area contributed by atoms with E-state index in [1.807, 2.05) is 49.4 Å². The highest BCUT2D eigenvalue weighted by molar-refractivity contribution is 6.32. The maximum Gasteiger partial charge on any atom is 0.262 e. The SMILES string of the molecule is Cc1ccc(-c2nc3ccccc3o2)cc1NC(=O)COc1ccccc1Cl. The lowest BCUT2D eigenvalue weighted by molar-refractivity contribution is -0.118. The van der Waals surface area contributed by atoms with E-state index in [2.05, 4.69) is 10.3 Å². The Balaban J connectivity index is 1.50. The number of hydrogen-bond donors (Lipinski definition) is 1. The van der Waals surface area contributed by atoms with E-state index in [1.165, 1.54) is 0 Å². The molecule has 0 bridgehead atoms. The number of rotatable bonds is 5. The fourth-order valence-electron chi connectivity index (χ4n) is 2.78. The first kappa shape index (κ1) is 18.1. The van der Waals surface area contributed by atoms with Crippen LogP contribution in [0.2, 0.25) is 5.02 Å². The molecule has 140 valence electrons. The maximum absolute atomic E-state index is 12.3. The van der Waals surface area contributed by atoms with Crippen LogP contribution in [0, 0.1) is 6.92 Å². The van der Waals surface area contributed by atoms with Crippen molar-refractivity contribution in [2.45, 2.75) is 6.92 Å². The van der Waals surface area contributed by atoms with E-state index in [4.69, 9.17) is 20.8 Å². The number of carbonyl (C=O) groups excluding carboxylic acids is 1. The van der Waals surface area contributed by atoms with Crippen molar-refractivity contribution < 1.29 is 13.9 Å². The van der Waals surface area contributed by atoms with Crippen LogP contribution in [-0.2, 0) is 4.79 Å². The van der Waals surface area contributed by atoms with Crippen LogP contribution < -0.4 is 10.1 Å². The van der Waals surface area contributed by atoms with E-state index >= 15 is 0 Å². The van der Waals surface area contributed by atoms with Crippen LogP contribution >= 0.6 is 11.6 Å². The minimum absolute atomic E-state index is 0.143. The van der Waals surface area contributed by atoms with Gasteiger partial charge in [0.15, 0.2) is 12.2 Å². The lowest BCUT2D eigenvalue weighted by Crippen LogP contribution is -2.20. The number of carbonyl (C=O) groups is 1. The monoisotopic (exact) mass is 392 g/mol. The minimum atomic E-state index is -0.280. The van der Waals surface area contributed by atoms with E-state index in [0.717, 1.165) is 22.2 Å². The molecule has 5 nitrogen and oxygen atoms in total. The highest BCUT2D eigenvalue weighted by Gasteiger charge is 2.12. The first-order valence-electron chi connectivity index (χ1n) is 8.74. The summed E-state index contributed by atoms with van der Waals surface area (Å²) in [6.07, 6.45) is 0. The fraction of sp³-hybridized carbons (Fsp3) is 0.0909. The normalized spacial score (nSPS) is 10.8. The molecule has 0 radical (unpaired) electrons. The molecule has 0 saturated heterocycles. The third-order valence-corrected chi connectivity index (χ3v) is 4.56. The third kappa shape index (κ3) is 3.85. The lowest BCUT2D eigenvalue weighted by Gasteiger charge is -2.11. The largest absolute Gasteiger partial charge is 0.482 e. The van der Waals surface area contributed by atoms with Gasteiger partial charge >= 0.3 is 0 Å². The molecular weight excluding hydrogens is 376 g/mol. The van der Waals surface area contributed by atoms with E-state index in [9.17, 15) is 4.79 Å². The van der Waals surface area contributed by atoms with Gasteiger partial charge in [0.2, 0.25) is 5.89 Å². The van der Waals surface area contributed by atoms with Gasteiger partial charge in [-0.3, -0.25) is 4.79 Å². The Labute approximate surface area is 166 Å². The summed E-state index contributed by atoms with van der Waals surface area (Å²) in [7, 11) is 0. The molecule has 1 amide bonds. The predicted octanol–water partition coefficient (Wildman–Crippen LogP) is 5.47. The Morgan fingerprint density at radius 3 is 2.71 bits per heavy atom. The molecule has 1 aromatic heterocycles. The molecule has 1 heterocycles. The first-order chi connectivity index (χ1) is 13.6. The molecule has 28 heavy (non-hydrogen) atoms. The zero-order valence-corrected chi connectivity index (χ0v) is 15.9. The molecular formula is C22H17ClN2O3. The van der Waals surface area contributed by atoms with Crippen LogP contribution in [-0.4, -0.2) is 17.5 Å². The van der Waals surface area contributed by atoms with Crippen molar-refractivity contribution in [2.75, 3.05) is 11.9 Å². The number of para-hydroxylation sites is 3. The van der Waals surface area contributed by atoms with Crippen molar-refractivity contribution in [3.63, 3.8) is 0 Å². The van der Waals surface area contributed by atoms with E-state index < -0.39 is 0 Å². The van der Waals surface area contributed by atoms with Gasteiger partial charge in [0.1, 0.15) is 11.3 Å². The van der Waals surface area contributed by atoms with Gasteiger partial charge in [0.25, 0.3) is 5.91 Å². The molecule has 0 aliphatic heterocycles. The summed E-state index contributed by atoms with van der Waals surface area (Å²) in [6, 6.07) is 20.3. The summed E-state index contributed by atoms with van der Waals surface area (Å²) < 4.78 is 11.3. The summed E-state index contributed by atoms with van der Waals surface area (Å²) in [5.41, 5.74) is 3.89. The van der Waals surface area contributed by atoms with Crippen LogP contribution in [0.5, 0.6) is 5.75 Å². The fourth-order valence-corrected chi connectivity index (χ4v) is 2.97. The number of nitrogens with zero attached hydrogens (tertiary/aromatic N) is 1. The number of aryl methyl sites for hydroxylation is 1. The molecule has 0 fully saturated rings. The Bertz CT molecular complexity index is 1120. The lowest BCUT2D eigenvalue weighted by atomic mass is 10.1. The van der Waals surface area contributed by atoms with Crippen molar-refractivity contribution in [2.24, 2.45) is 0 Å². The summed E-state index contributed by atoms with van der Waals surface area (Å²) >= 11 is 6.04. The van der Waals surface area contributed by atoms with Crippen molar-refractivity contribution in [1.82, 2.24) is 4.98 Å². The summed E-state index contributed by atoms with van der Waals surface area (Å²) in [4.78, 5) is 16.8. The number of hydrogen-bond acceptors (Lipinski definition) is 4. The van der Waals surface area contributed by atoms with Gasteiger partial charge in [0, 0.05) is 11.3 Å². The second kappa shape index (κ2) is 7.74. The number of fused-ring (bicyclic) bond motifs is 1. The quantitative estimate of drug-likeness (QED) is 0.488. The van der Waals surface area contributed by atoms with Gasteiger partial charge in [-0.25, -0.2) is 4.98 Å². The van der Waals surface area contributed by atoms with Gasteiger partial charge in [-0.2, -0.15) is 0 Å². The third-order valence-electron chi connectivity index (χ3n) is 4.25. The van der Waals surface area contributed by atoms with Gasteiger partial charge < -0.3 is 14.5 Å². The second-order valence-corrected chi connectivity index (χ2v) is 6.69. The smallest absolute Gasteiger partial charge is 0.262 e. The molecule has 4 aromatic rings. The summed E-state index contributed by atoms with van der Waals surface area (Å²) in [6.45, 7) is 1.77. The average molecular weight is 393 g/mol. The molecule has 0 unspecified atom stereocenters. The number of benzene rings is 3. The molecule has 0 aliphatic carbocycles. The Kier molecular flexibility index (Phi) is 5.00. The molecule has 4 rings (SSSR count). The maximum atomic E-state index is 12.3. The topological polar surface area (TPSA) is 64.4 Å². The van der Waals surface area contributed by atoms with Gasteiger partial charge in [-0.15, -0.1) is 0 Å². The number of ether oxygens (including phenoxy) is 1. The highest BCUT2D eigenvalue weighted by Crippen LogP contribution is 2.28.